The maximum atomic E-state index is 10.5. The Morgan fingerprint density at radius 1 is 0.853 bits per heavy atom. The van der Waals surface area contributed by atoms with Gasteiger partial charge in [0.05, 0.1) is 24.2 Å². The van der Waals surface area contributed by atoms with Crippen LogP contribution in [0.1, 0.15) is 110 Å². The molecule has 3 heteroatoms. The molecule has 0 spiro atoms. The monoisotopic (exact) mass is 466 g/mol. The van der Waals surface area contributed by atoms with Crippen LogP contribution in [0, 0.1) is 28.6 Å². The number of hydrogen-bond acceptors (Lipinski definition) is 3. The maximum absolute atomic E-state index is 10.5. The minimum absolute atomic E-state index is 0.145. The van der Waals surface area contributed by atoms with E-state index in [4.69, 9.17) is 9.47 Å². The van der Waals surface area contributed by atoms with Crippen LogP contribution in [0.4, 0.5) is 0 Å². The van der Waals surface area contributed by atoms with Crippen LogP contribution in [-0.4, -0.2) is 23.9 Å². The molecule has 6 aliphatic rings. The molecule has 188 valence electrons. The summed E-state index contributed by atoms with van der Waals surface area (Å²) in [6.07, 6.45) is 26.6. The van der Waals surface area contributed by atoms with E-state index in [9.17, 15) is 5.11 Å². The van der Waals surface area contributed by atoms with Crippen molar-refractivity contribution in [1.82, 2.24) is 0 Å². The highest BCUT2D eigenvalue weighted by Gasteiger charge is 2.61. The first-order valence-corrected chi connectivity index (χ1v) is 14.7. The Bertz CT molecular complexity index is 855. The molecule has 34 heavy (non-hydrogen) atoms. The lowest BCUT2D eigenvalue weighted by atomic mass is 9.47. The second-order valence-corrected chi connectivity index (χ2v) is 12.7. The maximum Gasteiger partial charge on any atom is 0.104 e. The van der Waals surface area contributed by atoms with Crippen molar-refractivity contribution < 1.29 is 14.6 Å². The molecule has 3 saturated carbocycles. The minimum Gasteiger partial charge on any atom is -0.497 e. The van der Waals surface area contributed by atoms with Crippen molar-refractivity contribution in [1.29, 1.82) is 0 Å². The van der Waals surface area contributed by atoms with E-state index in [1.807, 2.05) is 0 Å². The van der Waals surface area contributed by atoms with E-state index in [0.29, 0.717) is 17.4 Å². The highest BCUT2D eigenvalue weighted by atomic mass is 16.5. The fourth-order valence-corrected chi connectivity index (χ4v) is 9.18. The number of ether oxygens (including phenoxy) is 2. The van der Waals surface area contributed by atoms with Crippen molar-refractivity contribution in [3.05, 3.63) is 35.3 Å². The Morgan fingerprint density at radius 2 is 1.65 bits per heavy atom. The van der Waals surface area contributed by atoms with Gasteiger partial charge in [0.1, 0.15) is 6.10 Å². The van der Waals surface area contributed by atoms with E-state index in [-0.39, 0.29) is 11.5 Å². The third kappa shape index (κ3) is 3.98. The van der Waals surface area contributed by atoms with Crippen molar-refractivity contribution in [3.63, 3.8) is 0 Å². The normalized spacial score (nSPS) is 44.1. The summed E-state index contributed by atoms with van der Waals surface area (Å²) in [5, 5.41) is 10.5. The number of fused-ring (bicyclic) bond motifs is 5. The van der Waals surface area contributed by atoms with E-state index < -0.39 is 0 Å². The van der Waals surface area contributed by atoms with Gasteiger partial charge in [-0.2, -0.15) is 0 Å². The van der Waals surface area contributed by atoms with Crippen LogP contribution < -0.4 is 0 Å². The SMILES string of the molecule is C[C@]12CC[C@@H]3[C@@H](CCC4=CC(O)CC[C@@]43COC3=CCCCC3)[C@@H]1CCC2OC1=CCCCC1. The molecule has 0 radical (unpaired) electrons. The van der Waals surface area contributed by atoms with Crippen LogP contribution in [0.2, 0.25) is 0 Å². The van der Waals surface area contributed by atoms with Crippen LogP contribution in [0.25, 0.3) is 0 Å². The summed E-state index contributed by atoms with van der Waals surface area (Å²) in [7, 11) is 0. The van der Waals surface area contributed by atoms with E-state index in [1.165, 1.54) is 87.7 Å². The summed E-state index contributed by atoms with van der Waals surface area (Å²) in [4.78, 5) is 0. The van der Waals surface area contributed by atoms with E-state index in [1.54, 1.807) is 0 Å². The van der Waals surface area contributed by atoms with Crippen molar-refractivity contribution in [2.45, 2.75) is 122 Å². The van der Waals surface area contributed by atoms with Crippen molar-refractivity contribution in [3.8, 4) is 0 Å². The van der Waals surface area contributed by atoms with Gasteiger partial charge in [-0.1, -0.05) is 18.6 Å². The first-order valence-electron chi connectivity index (χ1n) is 14.7. The lowest BCUT2D eigenvalue weighted by molar-refractivity contribution is -0.102. The standard InChI is InChI=1S/C31H46O3/c1-30-18-17-28-26(27(30)14-15-29(30)34-25-10-6-3-7-11-25)13-12-22-20-23(32)16-19-31(22,28)21-33-24-8-4-2-5-9-24/h8,10,20,23,26-29,32H,2-7,9,11-19,21H2,1H3/t23?,26-,27-,28+,29?,30-,31+/m0/s1. The molecular weight excluding hydrogens is 420 g/mol. The van der Waals surface area contributed by atoms with Crippen LogP contribution in [0.15, 0.2) is 35.3 Å². The molecule has 6 aliphatic carbocycles. The predicted molar refractivity (Wildman–Crippen MR) is 136 cm³/mol. The Labute approximate surface area is 207 Å². The minimum atomic E-state index is -0.254. The van der Waals surface area contributed by atoms with Gasteiger partial charge in [0.25, 0.3) is 0 Å². The largest absolute Gasteiger partial charge is 0.497 e. The number of hydrogen-bond donors (Lipinski definition) is 1. The highest BCUT2D eigenvalue weighted by Crippen LogP contribution is 2.66. The zero-order chi connectivity index (χ0) is 23.2. The van der Waals surface area contributed by atoms with Crippen molar-refractivity contribution in [2.24, 2.45) is 28.6 Å². The van der Waals surface area contributed by atoms with Crippen molar-refractivity contribution in [2.75, 3.05) is 6.61 Å². The highest BCUT2D eigenvalue weighted by molar-refractivity contribution is 5.27. The van der Waals surface area contributed by atoms with Crippen LogP contribution in [-0.2, 0) is 9.47 Å². The quantitative estimate of drug-likeness (QED) is 0.424. The molecule has 0 aromatic rings. The lowest BCUT2D eigenvalue weighted by Crippen LogP contribution is -2.54. The Hall–Kier alpha value is -1.22. The average Bonchev–Trinajstić information content (AvgIpc) is 3.20. The van der Waals surface area contributed by atoms with E-state index >= 15 is 0 Å². The van der Waals surface area contributed by atoms with Crippen LogP contribution >= 0.6 is 0 Å². The summed E-state index contributed by atoms with van der Waals surface area (Å²) in [5.74, 6) is 4.79. The van der Waals surface area contributed by atoms with Crippen molar-refractivity contribution >= 4 is 0 Å². The summed E-state index contributed by atoms with van der Waals surface area (Å²) in [5.41, 5.74) is 2.00. The van der Waals surface area contributed by atoms with Gasteiger partial charge >= 0.3 is 0 Å². The third-order valence-electron chi connectivity index (χ3n) is 11.0. The second-order valence-electron chi connectivity index (χ2n) is 12.7. The molecule has 1 N–H and O–H groups in total. The zero-order valence-corrected chi connectivity index (χ0v) is 21.4. The number of aliphatic hydroxyl groups excluding tert-OH is 1. The van der Waals surface area contributed by atoms with Gasteiger partial charge < -0.3 is 14.6 Å². The first-order chi connectivity index (χ1) is 16.6. The molecule has 0 aliphatic heterocycles. The Kier molecular flexibility index (Phi) is 6.37. The Balaban J connectivity index is 1.24. The molecule has 0 heterocycles. The molecule has 0 amide bonds. The van der Waals surface area contributed by atoms with E-state index in [2.05, 4.69) is 25.2 Å². The molecule has 0 saturated heterocycles. The third-order valence-corrected chi connectivity index (χ3v) is 11.0. The second kappa shape index (κ2) is 9.34. The number of aliphatic hydroxyl groups is 1. The summed E-state index contributed by atoms with van der Waals surface area (Å²) in [6, 6.07) is 0. The molecule has 3 nitrogen and oxygen atoms in total. The fraction of sp³-hybridized carbons (Fsp3) is 0.806. The molecular formula is C31H46O3. The number of rotatable bonds is 5. The molecule has 6 rings (SSSR count). The first kappa shape index (κ1) is 23.2. The molecule has 7 atom stereocenters. The molecule has 3 fully saturated rings. The average molecular weight is 467 g/mol. The van der Waals surface area contributed by atoms with E-state index in [0.717, 1.165) is 50.5 Å². The van der Waals surface area contributed by atoms with Gasteiger partial charge in [-0.05, 0) is 120 Å². The summed E-state index contributed by atoms with van der Waals surface area (Å²) >= 11 is 0. The van der Waals surface area contributed by atoms with Gasteiger partial charge in [-0.25, -0.2) is 0 Å². The summed E-state index contributed by atoms with van der Waals surface area (Å²) in [6.45, 7) is 3.41. The molecule has 2 unspecified atom stereocenters. The Morgan fingerprint density at radius 3 is 2.41 bits per heavy atom. The fourth-order valence-electron chi connectivity index (χ4n) is 9.18. The topological polar surface area (TPSA) is 38.7 Å². The lowest BCUT2D eigenvalue weighted by Gasteiger charge is -2.59. The zero-order valence-electron chi connectivity index (χ0n) is 21.4. The van der Waals surface area contributed by atoms with Gasteiger partial charge in [-0.15, -0.1) is 0 Å². The van der Waals surface area contributed by atoms with Crippen LogP contribution in [0.5, 0.6) is 0 Å². The molecule has 0 bridgehead atoms. The smallest absolute Gasteiger partial charge is 0.104 e. The van der Waals surface area contributed by atoms with Gasteiger partial charge in [-0.3, -0.25) is 0 Å². The number of allylic oxidation sites excluding steroid dienone is 4. The van der Waals surface area contributed by atoms with Gasteiger partial charge in [0.2, 0.25) is 0 Å². The van der Waals surface area contributed by atoms with Gasteiger partial charge in [0.15, 0.2) is 0 Å². The predicted octanol–water partition coefficient (Wildman–Crippen LogP) is 7.61. The summed E-state index contributed by atoms with van der Waals surface area (Å²) < 4.78 is 13.4. The van der Waals surface area contributed by atoms with Crippen LogP contribution in [0.3, 0.4) is 0 Å². The molecule has 0 aromatic carbocycles. The van der Waals surface area contributed by atoms with Gasteiger partial charge in [0, 0.05) is 23.7 Å². The molecule has 0 aromatic heterocycles.